The standard InChI is InChI=1S/C16H19N5O2S/c1-10-3-17-16(18-4-10)20-6-13-14(7-20)23-8-15(22)21(13)5-12-9-24-11(2)19-12/h3-4,9,13-14H,5-8H2,1-2H3/t13-,14-/m1/s1. The quantitative estimate of drug-likeness (QED) is 0.831. The maximum absolute atomic E-state index is 12.4. The van der Waals surface area contributed by atoms with E-state index in [1.165, 1.54) is 0 Å². The first kappa shape index (κ1) is 15.5. The van der Waals surface area contributed by atoms with Crippen molar-refractivity contribution in [1.29, 1.82) is 0 Å². The van der Waals surface area contributed by atoms with Crippen LogP contribution in [-0.4, -0.2) is 57.6 Å². The number of anilines is 1. The topological polar surface area (TPSA) is 71.5 Å². The molecule has 4 rings (SSSR count). The molecule has 0 aromatic carbocycles. The molecule has 2 aliphatic rings. The Morgan fingerprint density at radius 2 is 2.08 bits per heavy atom. The molecular formula is C16H19N5O2S. The van der Waals surface area contributed by atoms with Gasteiger partial charge in [0.2, 0.25) is 11.9 Å². The second-order valence-electron chi connectivity index (χ2n) is 6.26. The van der Waals surface area contributed by atoms with Crippen LogP contribution in [-0.2, 0) is 16.1 Å². The van der Waals surface area contributed by atoms with Gasteiger partial charge in [0.15, 0.2) is 0 Å². The van der Waals surface area contributed by atoms with Gasteiger partial charge in [-0.3, -0.25) is 4.79 Å². The predicted molar refractivity (Wildman–Crippen MR) is 89.9 cm³/mol. The van der Waals surface area contributed by atoms with Gasteiger partial charge in [-0.2, -0.15) is 0 Å². The molecular weight excluding hydrogens is 326 g/mol. The van der Waals surface area contributed by atoms with E-state index >= 15 is 0 Å². The molecule has 126 valence electrons. The Labute approximate surface area is 144 Å². The molecule has 2 fully saturated rings. The zero-order valence-electron chi connectivity index (χ0n) is 13.7. The van der Waals surface area contributed by atoms with Crippen molar-refractivity contribution in [1.82, 2.24) is 19.9 Å². The lowest BCUT2D eigenvalue weighted by atomic mass is 10.1. The molecule has 0 spiro atoms. The summed E-state index contributed by atoms with van der Waals surface area (Å²) in [6.45, 7) is 6.00. The highest BCUT2D eigenvalue weighted by Crippen LogP contribution is 2.27. The zero-order chi connectivity index (χ0) is 16.7. The molecule has 4 heterocycles. The van der Waals surface area contributed by atoms with Gasteiger partial charge in [0.05, 0.1) is 29.4 Å². The predicted octanol–water partition coefficient (Wildman–Crippen LogP) is 1.17. The van der Waals surface area contributed by atoms with Gasteiger partial charge in [-0.05, 0) is 19.4 Å². The third kappa shape index (κ3) is 2.87. The number of rotatable bonds is 3. The average Bonchev–Trinajstić information content (AvgIpc) is 3.17. The summed E-state index contributed by atoms with van der Waals surface area (Å²) in [5, 5.41) is 3.03. The van der Waals surface area contributed by atoms with Crippen LogP contribution in [0.3, 0.4) is 0 Å². The van der Waals surface area contributed by atoms with Crippen molar-refractivity contribution in [3.05, 3.63) is 34.0 Å². The number of morpholine rings is 1. The average molecular weight is 345 g/mol. The number of hydrogen-bond donors (Lipinski definition) is 0. The van der Waals surface area contributed by atoms with Crippen molar-refractivity contribution in [3.8, 4) is 0 Å². The third-order valence-electron chi connectivity index (χ3n) is 4.43. The minimum atomic E-state index is -0.00710. The minimum Gasteiger partial charge on any atom is -0.364 e. The summed E-state index contributed by atoms with van der Waals surface area (Å²) in [4.78, 5) is 29.6. The number of carbonyl (C=O) groups is 1. The van der Waals surface area contributed by atoms with Crippen LogP contribution < -0.4 is 4.90 Å². The molecule has 2 saturated heterocycles. The van der Waals surface area contributed by atoms with Crippen molar-refractivity contribution >= 4 is 23.2 Å². The van der Waals surface area contributed by atoms with Crippen LogP contribution in [0.5, 0.6) is 0 Å². The van der Waals surface area contributed by atoms with E-state index in [0.29, 0.717) is 25.6 Å². The molecule has 24 heavy (non-hydrogen) atoms. The van der Waals surface area contributed by atoms with Crippen molar-refractivity contribution in [3.63, 3.8) is 0 Å². The largest absolute Gasteiger partial charge is 0.364 e. The molecule has 8 heteroatoms. The molecule has 0 N–H and O–H groups in total. The molecule has 2 atom stereocenters. The number of hydrogen-bond acceptors (Lipinski definition) is 7. The van der Waals surface area contributed by atoms with Crippen molar-refractivity contribution in [2.24, 2.45) is 0 Å². The van der Waals surface area contributed by atoms with Crippen molar-refractivity contribution in [2.45, 2.75) is 32.5 Å². The zero-order valence-corrected chi connectivity index (χ0v) is 14.5. The van der Waals surface area contributed by atoms with Gasteiger partial charge in [0.1, 0.15) is 6.61 Å². The lowest BCUT2D eigenvalue weighted by molar-refractivity contribution is -0.154. The summed E-state index contributed by atoms with van der Waals surface area (Å²) in [7, 11) is 0. The molecule has 7 nitrogen and oxygen atoms in total. The van der Waals surface area contributed by atoms with E-state index in [1.54, 1.807) is 11.3 Å². The van der Waals surface area contributed by atoms with Gasteiger partial charge in [0.25, 0.3) is 0 Å². The number of fused-ring (bicyclic) bond motifs is 1. The summed E-state index contributed by atoms with van der Waals surface area (Å²) in [5.74, 6) is 0.712. The first-order valence-corrected chi connectivity index (χ1v) is 8.84. The van der Waals surface area contributed by atoms with E-state index in [-0.39, 0.29) is 24.7 Å². The molecule has 0 radical (unpaired) electrons. The van der Waals surface area contributed by atoms with Crippen LogP contribution in [0.4, 0.5) is 5.95 Å². The van der Waals surface area contributed by atoms with Gasteiger partial charge in [-0.25, -0.2) is 15.0 Å². The fraction of sp³-hybridized carbons (Fsp3) is 0.500. The highest BCUT2D eigenvalue weighted by molar-refractivity contribution is 7.09. The molecule has 2 aromatic rings. The number of aromatic nitrogens is 3. The van der Waals surface area contributed by atoms with E-state index in [0.717, 1.165) is 16.3 Å². The number of carbonyl (C=O) groups excluding carboxylic acids is 1. The smallest absolute Gasteiger partial charge is 0.249 e. The first-order valence-electron chi connectivity index (χ1n) is 7.96. The fourth-order valence-electron chi connectivity index (χ4n) is 3.24. The number of aryl methyl sites for hydroxylation is 2. The second-order valence-corrected chi connectivity index (χ2v) is 7.32. The van der Waals surface area contributed by atoms with E-state index in [4.69, 9.17) is 4.74 Å². The maximum Gasteiger partial charge on any atom is 0.249 e. The summed E-state index contributed by atoms with van der Waals surface area (Å²) < 4.78 is 5.76. The van der Waals surface area contributed by atoms with Crippen molar-refractivity contribution in [2.75, 3.05) is 24.6 Å². The molecule has 0 unspecified atom stereocenters. The molecule has 0 saturated carbocycles. The number of nitrogens with zero attached hydrogens (tertiary/aromatic N) is 5. The van der Waals surface area contributed by atoms with Gasteiger partial charge >= 0.3 is 0 Å². The fourth-order valence-corrected chi connectivity index (χ4v) is 3.84. The molecule has 0 aliphatic carbocycles. The van der Waals surface area contributed by atoms with Crippen molar-refractivity contribution < 1.29 is 9.53 Å². The summed E-state index contributed by atoms with van der Waals surface area (Å²) >= 11 is 1.61. The van der Waals surface area contributed by atoms with Crippen LogP contribution in [0.15, 0.2) is 17.8 Å². The van der Waals surface area contributed by atoms with Gasteiger partial charge in [-0.1, -0.05) is 0 Å². The number of thiazole rings is 1. The Morgan fingerprint density at radius 1 is 1.29 bits per heavy atom. The Balaban J connectivity index is 1.53. The molecule has 2 aliphatic heterocycles. The Hall–Kier alpha value is -2.06. The second kappa shape index (κ2) is 6.10. The summed E-state index contributed by atoms with van der Waals surface area (Å²) in [6, 6.07) is 0.0122. The van der Waals surface area contributed by atoms with Gasteiger partial charge < -0.3 is 14.5 Å². The van der Waals surface area contributed by atoms with Crippen LogP contribution in [0.25, 0.3) is 0 Å². The SMILES string of the molecule is Cc1cnc(N2C[C@@H]3[C@@H](C2)OCC(=O)N3Cc2csc(C)n2)nc1. The van der Waals surface area contributed by atoms with E-state index in [9.17, 15) is 4.79 Å². The highest BCUT2D eigenvalue weighted by Gasteiger charge is 2.44. The molecule has 1 amide bonds. The van der Waals surface area contributed by atoms with E-state index < -0.39 is 0 Å². The highest BCUT2D eigenvalue weighted by atomic mass is 32.1. The lowest BCUT2D eigenvalue weighted by Gasteiger charge is -2.36. The monoisotopic (exact) mass is 345 g/mol. The first-order chi connectivity index (χ1) is 11.6. The normalized spacial score (nSPS) is 23.7. The van der Waals surface area contributed by atoms with E-state index in [1.807, 2.05) is 36.5 Å². The molecule has 0 bridgehead atoms. The Morgan fingerprint density at radius 3 is 2.79 bits per heavy atom. The van der Waals surface area contributed by atoms with Crippen LogP contribution in [0.2, 0.25) is 0 Å². The van der Waals surface area contributed by atoms with Crippen LogP contribution in [0, 0.1) is 13.8 Å². The Bertz CT molecular complexity index is 747. The number of amides is 1. The maximum atomic E-state index is 12.4. The summed E-state index contributed by atoms with van der Waals surface area (Å²) in [6.07, 6.45) is 3.62. The van der Waals surface area contributed by atoms with E-state index in [2.05, 4.69) is 19.9 Å². The number of ether oxygens (including phenoxy) is 1. The van der Waals surface area contributed by atoms with Gasteiger partial charge in [0, 0.05) is 30.9 Å². The third-order valence-corrected chi connectivity index (χ3v) is 5.25. The minimum absolute atomic E-state index is 0.00710. The Kier molecular flexibility index (Phi) is 3.93. The molecule has 2 aromatic heterocycles. The van der Waals surface area contributed by atoms with Gasteiger partial charge in [-0.15, -0.1) is 11.3 Å². The van der Waals surface area contributed by atoms with Crippen LogP contribution in [0.1, 0.15) is 16.3 Å². The lowest BCUT2D eigenvalue weighted by Crippen LogP contribution is -2.53. The van der Waals surface area contributed by atoms with Crippen LogP contribution >= 0.6 is 11.3 Å². The summed E-state index contributed by atoms with van der Waals surface area (Å²) in [5.41, 5.74) is 1.97.